The molecule has 0 spiro atoms. The molecular weight excluding hydrogens is 388 g/mol. The summed E-state index contributed by atoms with van der Waals surface area (Å²) in [5.41, 5.74) is -0.242. The second-order valence-corrected chi connectivity index (χ2v) is 5.71. The molecule has 4 rings (SSSR count). The number of nitro benzene ring substituents is 1. The lowest BCUT2D eigenvalue weighted by Gasteiger charge is -2.10. The summed E-state index contributed by atoms with van der Waals surface area (Å²) in [6.45, 7) is 0. The number of nitrogens with zero attached hydrogens (tertiary/aromatic N) is 6. The average Bonchev–Trinajstić information content (AvgIpc) is 3.06. The van der Waals surface area contributed by atoms with Crippen molar-refractivity contribution < 1.29 is 18.4 Å². The summed E-state index contributed by atoms with van der Waals surface area (Å²) in [5.74, 6) is -1.75. The normalized spacial score (nSPS) is 10.9. The molecule has 0 saturated heterocycles. The van der Waals surface area contributed by atoms with Crippen molar-refractivity contribution in [1.82, 2.24) is 24.7 Å². The predicted octanol–water partition coefficient (Wildman–Crippen LogP) is 3.15. The van der Waals surface area contributed by atoms with E-state index in [4.69, 9.17) is 4.74 Å². The van der Waals surface area contributed by atoms with E-state index in [1.165, 1.54) is 11.8 Å². The van der Waals surface area contributed by atoms with Crippen molar-refractivity contribution in [2.45, 2.75) is 0 Å². The van der Waals surface area contributed by atoms with Crippen LogP contribution < -0.4 is 10.1 Å². The SMILES string of the molecule is COc1cc(F)c([N+](=O)[O-])cc1Nc1ncnc(-n2nc(F)c3ccccc32)n1. The number of hydrogen-bond acceptors (Lipinski definition) is 8. The standard InChI is InChI=1S/C17H11F2N7O3/c1-29-14-6-10(18)13(26(27)28)7-11(14)22-16-20-8-21-17(23-16)25-12-5-3-2-4-9(12)15(19)24-25/h2-8H,1H3,(H,20,21,22,23). The molecule has 12 heteroatoms. The van der Waals surface area contributed by atoms with Gasteiger partial charge in [-0.15, -0.1) is 5.10 Å². The van der Waals surface area contributed by atoms with Crippen LogP contribution in [0.3, 0.4) is 0 Å². The van der Waals surface area contributed by atoms with Crippen molar-refractivity contribution in [2.24, 2.45) is 0 Å². The van der Waals surface area contributed by atoms with Crippen molar-refractivity contribution in [3.8, 4) is 11.7 Å². The van der Waals surface area contributed by atoms with Gasteiger partial charge in [-0.1, -0.05) is 12.1 Å². The number of hydrogen-bond donors (Lipinski definition) is 1. The van der Waals surface area contributed by atoms with E-state index in [-0.39, 0.29) is 23.3 Å². The number of nitrogens with one attached hydrogen (secondary N) is 1. The Balaban J connectivity index is 1.75. The third-order valence-electron chi connectivity index (χ3n) is 4.00. The number of halogens is 2. The first kappa shape index (κ1) is 18.2. The number of aromatic nitrogens is 5. The zero-order valence-electron chi connectivity index (χ0n) is 14.7. The van der Waals surface area contributed by atoms with Gasteiger partial charge in [-0.25, -0.2) is 4.98 Å². The lowest BCUT2D eigenvalue weighted by atomic mass is 10.2. The van der Waals surface area contributed by atoms with E-state index in [9.17, 15) is 18.9 Å². The van der Waals surface area contributed by atoms with E-state index in [1.807, 2.05) is 0 Å². The van der Waals surface area contributed by atoms with Crippen LogP contribution in [0.1, 0.15) is 0 Å². The van der Waals surface area contributed by atoms with Crippen molar-refractivity contribution in [3.63, 3.8) is 0 Å². The Morgan fingerprint density at radius 2 is 2.00 bits per heavy atom. The quantitative estimate of drug-likeness (QED) is 0.401. The minimum atomic E-state index is -1.05. The Morgan fingerprint density at radius 3 is 2.76 bits per heavy atom. The largest absolute Gasteiger partial charge is 0.494 e. The van der Waals surface area contributed by atoms with Gasteiger partial charge in [0.2, 0.25) is 17.7 Å². The zero-order valence-corrected chi connectivity index (χ0v) is 14.7. The van der Waals surface area contributed by atoms with E-state index in [0.717, 1.165) is 18.5 Å². The van der Waals surface area contributed by atoms with Crippen molar-refractivity contribution in [3.05, 3.63) is 64.6 Å². The summed E-state index contributed by atoms with van der Waals surface area (Å²) < 4.78 is 34.1. The molecule has 0 fully saturated rings. The van der Waals surface area contributed by atoms with Gasteiger partial charge in [-0.3, -0.25) is 10.1 Å². The van der Waals surface area contributed by atoms with Crippen LogP contribution in [0.5, 0.6) is 5.75 Å². The van der Waals surface area contributed by atoms with Gasteiger partial charge >= 0.3 is 5.69 Å². The molecule has 0 aliphatic rings. The molecule has 0 bridgehead atoms. The second kappa shape index (κ2) is 7.07. The Morgan fingerprint density at radius 1 is 1.21 bits per heavy atom. The Labute approximate surface area is 161 Å². The van der Waals surface area contributed by atoms with Gasteiger partial charge in [0.25, 0.3) is 5.95 Å². The molecular formula is C17H11F2N7O3. The third-order valence-corrected chi connectivity index (χ3v) is 4.00. The number of methoxy groups -OCH3 is 1. The summed E-state index contributed by atoms with van der Waals surface area (Å²) in [5, 5.41) is 17.8. The number of ether oxygens (including phenoxy) is 1. The lowest BCUT2D eigenvalue weighted by molar-refractivity contribution is -0.387. The molecule has 2 aromatic carbocycles. The molecule has 0 atom stereocenters. The Bertz CT molecular complexity index is 1250. The molecule has 2 heterocycles. The zero-order chi connectivity index (χ0) is 20.5. The van der Waals surface area contributed by atoms with Gasteiger partial charge in [0.1, 0.15) is 12.1 Å². The number of rotatable bonds is 5. The summed E-state index contributed by atoms with van der Waals surface area (Å²) in [6.07, 6.45) is 1.16. The van der Waals surface area contributed by atoms with Gasteiger partial charge in [0.15, 0.2) is 0 Å². The highest BCUT2D eigenvalue weighted by atomic mass is 19.1. The smallest absolute Gasteiger partial charge is 0.307 e. The van der Waals surface area contributed by atoms with Crippen LogP contribution in [0, 0.1) is 21.9 Å². The predicted molar refractivity (Wildman–Crippen MR) is 97.3 cm³/mol. The van der Waals surface area contributed by atoms with Gasteiger partial charge in [0.05, 0.1) is 28.6 Å². The Hall–Kier alpha value is -4.22. The summed E-state index contributed by atoms with van der Waals surface area (Å²) in [4.78, 5) is 22.2. The maximum atomic E-state index is 14.1. The van der Waals surface area contributed by atoms with E-state index in [2.05, 4.69) is 25.4 Å². The molecule has 0 aliphatic heterocycles. The van der Waals surface area contributed by atoms with Gasteiger partial charge in [-0.05, 0) is 12.1 Å². The minimum Gasteiger partial charge on any atom is -0.494 e. The lowest BCUT2D eigenvalue weighted by Crippen LogP contribution is -2.07. The Kier molecular flexibility index (Phi) is 4.43. The van der Waals surface area contributed by atoms with E-state index >= 15 is 0 Å². The van der Waals surface area contributed by atoms with Crippen LogP contribution in [0.2, 0.25) is 0 Å². The number of fused-ring (bicyclic) bond motifs is 1. The van der Waals surface area contributed by atoms with E-state index in [0.29, 0.717) is 10.9 Å². The van der Waals surface area contributed by atoms with Crippen LogP contribution in [0.15, 0.2) is 42.7 Å². The number of para-hydroxylation sites is 1. The highest BCUT2D eigenvalue weighted by Crippen LogP contribution is 2.33. The van der Waals surface area contributed by atoms with Crippen molar-refractivity contribution >= 4 is 28.2 Å². The molecule has 29 heavy (non-hydrogen) atoms. The topological polar surface area (TPSA) is 121 Å². The first-order valence-electron chi connectivity index (χ1n) is 8.09. The molecule has 0 radical (unpaired) electrons. The first-order valence-corrected chi connectivity index (χ1v) is 8.09. The van der Waals surface area contributed by atoms with Crippen LogP contribution in [-0.4, -0.2) is 36.8 Å². The highest BCUT2D eigenvalue weighted by molar-refractivity contribution is 5.80. The number of nitro groups is 1. The van der Waals surface area contributed by atoms with Crippen LogP contribution in [-0.2, 0) is 0 Å². The van der Waals surface area contributed by atoms with Gasteiger partial charge < -0.3 is 10.1 Å². The van der Waals surface area contributed by atoms with E-state index in [1.54, 1.807) is 24.3 Å². The molecule has 10 nitrogen and oxygen atoms in total. The maximum Gasteiger partial charge on any atom is 0.307 e. The van der Waals surface area contributed by atoms with Gasteiger partial charge in [0, 0.05) is 12.1 Å². The minimum absolute atomic E-state index is 0.00523. The summed E-state index contributed by atoms with van der Waals surface area (Å²) in [7, 11) is 1.28. The molecule has 2 aromatic heterocycles. The fourth-order valence-corrected chi connectivity index (χ4v) is 2.70. The third kappa shape index (κ3) is 3.26. The fourth-order valence-electron chi connectivity index (χ4n) is 2.70. The van der Waals surface area contributed by atoms with Gasteiger partial charge in [-0.2, -0.15) is 23.4 Å². The molecule has 1 N–H and O–H groups in total. The first-order chi connectivity index (χ1) is 14.0. The molecule has 0 amide bonds. The average molecular weight is 399 g/mol. The maximum absolute atomic E-state index is 14.1. The van der Waals surface area contributed by atoms with E-state index < -0.39 is 22.4 Å². The van der Waals surface area contributed by atoms with Crippen LogP contribution >= 0.6 is 0 Å². The van der Waals surface area contributed by atoms with Crippen molar-refractivity contribution in [2.75, 3.05) is 12.4 Å². The fraction of sp³-hybridized carbons (Fsp3) is 0.0588. The molecule has 0 unspecified atom stereocenters. The second-order valence-electron chi connectivity index (χ2n) is 5.71. The number of benzene rings is 2. The molecule has 0 saturated carbocycles. The molecule has 4 aromatic rings. The molecule has 146 valence electrons. The van der Waals surface area contributed by atoms with Crippen molar-refractivity contribution in [1.29, 1.82) is 0 Å². The van der Waals surface area contributed by atoms with Crippen LogP contribution in [0.25, 0.3) is 16.9 Å². The molecule has 0 aliphatic carbocycles. The summed E-state index contributed by atoms with van der Waals surface area (Å²) >= 11 is 0. The summed E-state index contributed by atoms with van der Waals surface area (Å²) in [6, 6.07) is 8.43. The van der Waals surface area contributed by atoms with Crippen LogP contribution in [0.4, 0.5) is 26.1 Å². The monoisotopic (exact) mass is 399 g/mol. The number of anilines is 2. The highest BCUT2D eigenvalue weighted by Gasteiger charge is 2.20.